The van der Waals surface area contributed by atoms with Gasteiger partial charge in [-0.1, -0.05) is 35.9 Å². The van der Waals surface area contributed by atoms with E-state index in [2.05, 4.69) is 0 Å². The van der Waals surface area contributed by atoms with E-state index >= 15 is 0 Å². The molecule has 128 valence electrons. The molecular weight excluding hydrogens is 366 g/mol. The summed E-state index contributed by atoms with van der Waals surface area (Å²) in [6, 6.07) is 11.4. The van der Waals surface area contributed by atoms with Crippen LogP contribution in [0.15, 0.2) is 41.3 Å². The van der Waals surface area contributed by atoms with E-state index in [1.807, 2.05) is 36.4 Å². The lowest BCUT2D eigenvalue weighted by Gasteiger charge is -2.23. The normalized spacial score (nSPS) is 19.5. The lowest BCUT2D eigenvalue weighted by atomic mass is 10.1. The Hall–Kier alpha value is -1.24. The third-order valence-electron chi connectivity index (χ3n) is 4.32. The summed E-state index contributed by atoms with van der Waals surface area (Å²) in [6.45, 7) is 0. The largest absolute Gasteiger partial charge is 0.341 e. The fraction of sp³-hybridized carbons (Fsp3) is 0.353. The van der Waals surface area contributed by atoms with Gasteiger partial charge in [0.05, 0.1) is 17.3 Å². The zero-order valence-corrected chi connectivity index (χ0v) is 15.6. The third-order valence-corrected chi connectivity index (χ3v) is 7.42. The molecule has 1 aliphatic rings. The Labute approximate surface area is 151 Å². The van der Waals surface area contributed by atoms with Crippen molar-refractivity contribution >= 4 is 49.9 Å². The number of hydrogen-bond donors (Lipinski definition) is 0. The number of sulfone groups is 1. The maximum absolute atomic E-state index is 12.4. The van der Waals surface area contributed by atoms with Gasteiger partial charge in [0, 0.05) is 28.4 Å². The van der Waals surface area contributed by atoms with E-state index < -0.39 is 9.84 Å². The lowest BCUT2D eigenvalue weighted by Crippen LogP contribution is -2.38. The van der Waals surface area contributed by atoms with Crippen LogP contribution in [0.5, 0.6) is 0 Å². The van der Waals surface area contributed by atoms with Crippen LogP contribution in [0, 0.1) is 0 Å². The Bertz CT molecular complexity index is 877. The predicted octanol–water partition coefficient (Wildman–Crippen LogP) is 3.23. The highest BCUT2D eigenvalue weighted by Crippen LogP contribution is 2.33. The first-order valence-electron chi connectivity index (χ1n) is 7.63. The smallest absolute Gasteiger partial charge is 0.232 e. The second kappa shape index (κ2) is 6.94. The number of benzene rings is 2. The van der Waals surface area contributed by atoms with Crippen molar-refractivity contribution < 1.29 is 13.2 Å². The Balaban J connectivity index is 1.71. The molecule has 1 heterocycles. The number of rotatable bonds is 4. The first kappa shape index (κ1) is 17.6. The van der Waals surface area contributed by atoms with Crippen molar-refractivity contribution in [3.8, 4) is 0 Å². The second-order valence-electron chi connectivity index (χ2n) is 5.94. The quantitative estimate of drug-likeness (QED) is 0.760. The van der Waals surface area contributed by atoms with Gasteiger partial charge in [-0.15, -0.1) is 11.8 Å². The van der Waals surface area contributed by atoms with Crippen LogP contribution < -0.4 is 0 Å². The summed E-state index contributed by atoms with van der Waals surface area (Å²) in [5.74, 6) is 0.435. The van der Waals surface area contributed by atoms with E-state index in [9.17, 15) is 13.2 Å². The molecule has 0 N–H and O–H groups in total. The minimum Gasteiger partial charge on any atom is -0.341 e. The van der Waals surface area contributed by atoms with Gasteiger partial charge >= 0.3 is 0 Å². The summed E-state index contributed by atoms with van der Waals surface area (Å²) in [6.07, 6.45) is 0.523. The average Bonchev–Trinajstić information content (AvgIpc) is 2.92. The second-order valence-corrected chi connectivity index (χ2v) is 9.60. The van der Waals surface area contributed by atoms with Crippen LogP contribution in [0.3, 0.4) is 0 Å². The van der Waals surface area contributed by atoms with Gasteiger partial charge < -0.3 is 4.90 Å². The van der Waals surface area contributed by atoms with E-state index in [0.717, 1.165) is 15.7 Å². The summed E-state index contributed by atoms with van der Waals surface area (Å²) < 4.78 is 23.1. The summed E-state index contributed by atoms with van der Waals surface area (Å²) in [7, 11) is -1.31. The number of halogens is 1. The molecule has 1 saturated heterocycles. The van der Waals surface area contributed by atoms with Gasteiger partial charge in [-0.05, 0) is 23.9 Å². The summed E-state index contributed by atoms with van der Waals surface area (Å²) in [5, 5.41) is 2.65. The SMILES string of the molecule is CN(C(=O)CSc1cccc2cccc(Cl)c12)C1CCS(=O)(=O)C1. The summed E-state index contributed by atoms with van der Waals surface area (Å²) >= 11 is 7.73. The standard InChI is InChI=1S/C17H18ClNO3S2/c1-19(13-8-9-24(21,22)11-13)16(20)10-23-15-7-3-5-12-4-2-6-14(18)17(12)15/h2-7,13H,8-11H2,1H3. The molecular formula is C17H18ClNO3S2. The molecule has 2 aromatic carbocycles. The van der Waals surface area contributed by atoms with Crippen LogP contribution in [0.2, 0.25) is 5.02 Å². The predicted molar refractivity (Wildman–Crippen MR) is 99.5 cm³/mol. The van der Waals surface area contributed by atoms with Gasteiger partial charge in [0.25, 0.3) is 0 Å². The van der Waals surface area contributed by atoms with Crippen LogP contribution in [-0.2, 0) is 14.6 Å². The van der Waals surface area contributed by atoms with E-state index in [1.165, 1.54) is 11.8 Å². The molecule has 1 fully saturated rings. The average molecular weight is 384 g/mol. The Morgan fingerprint density at radius 2 is 2.00 bits per heavy atom. The molecule has 1 atom stereocenters. The number of nitrogens with zero attached hydrogens (tertiary/aromatic N) is 1. The van der Waals surface area contributed by atoms with Gasteiger partial charge in [-0.3, -0.25) is 4.79 Å². The molecule has 2 aromatic rings. The van der Waals surface area contributed by atoms with Crippen LogP contribution in [0.4, 0.5) is 0 Å². The molecule has 0 bridgehead atoms. The molecule has 0 radical (unpaired) electrons. The Morgan fingerprint density at radius 3 is 2.67 bits per heavy atom. The molecule has 0 spiro atoms. The first-order chi connectivity index (χ1) is 11.4. The van der Waals surface area contributed by atoms with Gasteiger partial charge in [0.1, 0.15) is 0 Å². The first-order valence-corrected chi connectivity index (χ1v) is 10.8. The van der Waals surface area contributed by atoms with Crippen molar-refractivity contribution in [3.63, 3.8) is 0 Å². The molecule has 1 amide bonds. The fourth-order valence-electron chi connectivity index (χ4n) is 2.91. The topological polar surface area (TPSA) is 54.5 Å². The minimum atomic E-state index is -2.99. The minimum absolute atomic E-state index is 0.0637. The highest BCUT2D eigenvalue weighted by atomic mass is 35.5. The van der Waals surface area contributed by atoms with Gasteiger partial charge in [0.15, 0.2) is 9.84 Å². The maximum atomic E-state index is 12.4. The van der Waals surface area contributed by atoms with Crippen LogP contribution in [-0.4, -0.2) is 49.6 Å². The van der Waals surface area contributed by atoms with Crippen LogP contribution >= 0.6 is 23.4 Å². The van der Waals surface area contributed by atoms with Crippen molar-refractivity contribution in [3.05, 3.63) is 41.4 Å². The Morgan fingerprint density at radius 1 is 1.29 bits per heavy atom. The number of fused-ring (bicyclic) bond motifs is 1. The molecule has 0 saturated carbocycles. The van der Waals surface area contributed by atoms with Crippen LogP contribution in [0.25, 0.3) is 10.8 Å². The number of thioether (sulfide) groups is 1. The van der Waals surface area contributed by atoms with Crippen molar-refractivity contribution in [1.82, 2.24) is 4.90 Å². The van der Waals surface area contributed by atoms with E-state index in [0.29, 0.717) is 11.4 Å². The highest BCUT2D eigenvalue weighted by Gasteiger charge is 2.32. The molecule has 1 unspecified atom stereocenters. The van der Waals surface area contributed by atoms with Crippen molar-refractivity contribution in [2.45, 2.75) is 17.4 Å². The van der Waals surface area contributed by atoms with Crippen molar-refractivity contribution in [2.75, 3.05) is 24.3 Å². The van der Waals surface area contributed by atoms with E-state index in [1.54, 1.807) is 11.9 Å². The number of hydrogen-bond acceptors (Lipinski definition) is 4. The van der Waals surface area contributed by atoms with Gasteiger partial charge in [-0.2, -0.15) is 0 Å². The van der Waals surface area contributed by atoms with Crippen LogP contribution in [0.1, 0.15) is 6.42 Å². The molecule has 1 aliphatic heterocycles. The number of carbonyl (C=O) groups is 1. The third kappa shape index (κ3) is 3.71. The maximum Gasteiger partial charge on any atom is 0.232 e. The lowest BCUT2D eigenvalue weighted by molar-refractivity contribution is -0.128. The zero-order valence-electron chi connectivity index (χ0n) is 13.2. The highest BCUT2D eigenvalue weighted by molar-refractivity contribution is 8.00. The molecule has 0 aliphatic carbocycles. The molecule has 4 nitrogen and oxygen atoms in total. The van der Waals surface area contributed by atoms with Crippen molar-refractivity contribution in [2.24, 2.45) is 0 Å². The molecule has 3 rings (SSSR count). The molecule has 7 heteroatoms. The molecule has 24 heavy (non-hydrogen) atoms. The van der Waals surface area contributed by atoms with E-state index in [-0.39, 0.29) is 29.2 Å². The van der Waals surface area contributed by atoms with Crippen molar-refractivity contribution in [1.29, 1.82) is 0 Å². The monoisotopic (exact) mass is 383 g/mol. The summed E-state index contributed by atoms with van der Waals surface area (Å²) in [5.41, 5.74) is 0. The fourth-order valence-corrected chi connectivity index (χ4v) is 6.05. The van der Waals surface area contributed by atoms with E-state index in [4.69, 9.17) is 11.6 Å². The van der Waals surface area contributed by atoms with Gasteiger partial charge in [0.2, 0.25) is 5.91 Å². The zero-order chi connectivity index (χ0) is 17.3. The van der Waals surface area contributed by atoms with Gasteiger partial charge in [-0.25, -0.2) is 8.42 Å². The molecule has 0 aromatic heterocycles. The summed E-state index contributed by atoms with van der Waals surface area (Å²) in [4.78, 5) is 14.9. The number of amides is 1. The Kier molecular flexibility index (Phi) is 5.08. The number of carbonyl (C=O) groups excluding carboxylic acids is 1.